The highest BCUT2D eigenvalue weighted by molar-refractivity contribution is 9.10. The number of hydrogen-bond acceptors (Lipinski definition) is 3. The van der Waals surface area contributed by atoms with Crippen molar-refractivity contribution in [3.8, 4) is 0 Å². The van der Waals surface area contributed by atoms with Crippen molar-refractivity contribution in [2.75, 3.05) is 13.2 Å². The smallest absolute Gasteiger partial charge is 0.128 e. The number of hydrogen-bond donors (Lipinski definition) is 1. The Morgan fingerprint density at radius 2 is 2.46 bits per heavy atom. The molecular formula is C8H11BrN2O2. The van der Waals surface area contributed by atoms with Crippen LogP contribution >= 0.6 is 15.9 Å². The van der Waals surface area contributed by atoms with Crippen LogP contribution in [0.2, 0.25) is 0 Å². The van der Waals surface area contributed by atoms with Gasteiger partial charge in [-0.1, -0.05) is 0 Å². The number of aliphatic hydroxyl groups excluding tert-OH is 1. The third-order valence-corrected chi connectivity index (χ3v) is 2.70. The van der Waals surface area contributed by atoms with E-state index >= 15 is 0 Å². The number of aliphatic hydroxyl groups is 1. The van der Waals surface area contributed by atoms with E-state index in [-0.39, 0.29) is 5.92 Å². The summed E-state index contributed by atoms with van der Waals surface area (Å²) < 4.78 is 7.75. The molecule has 1 saturated heterocycles. The molecule has 0 aliphatic carbocycles. The molecule has 1 aromatic heterocycles. The molecule has 2 heterocycles. The Morgan fingerprint density at radius 1 is 1.69 bits per heavy atom. The maximum Gasteiger partial charge on any atom is 0.128 e. The normalized spacial score (nSPS) is 28.2. The highest BCUT2D eigenvalue weighted by atomic mass is 79.9. The second-order valence-electron chi connectivity index (χ2n) is 3.23. The van der Waals surface area contributed by atoms with E-state index in [9.17, 15) is 5.11 Å². The molecule has 0 aromatic carbocycles. The summed E-state index contributed by atoms with van der Waals surface area (Å²) in [7, 11) is 1.87. The van der Waals surface area contributed by atoms with Crippen LogP contribution < -0.4 is 0 Å². The number of aryl methyl sites for hydroxylation is 1. The molecule has 0 radical (unpaired) electrons. The van der Waals surface area contributed by atoms with E-state index < -0.39 is 6.10 Å². The second-order valence-corrected chi connectivity index (χ2v) is 4.04. The van der Waals surface area contributed by atoms with E-state index in [1.54, 1.807) is 4.68 Å². The van der Waals surface area contributed by atoms with Crippen molar-refractivity contribution >= 4 is 15.9 Å². The Kier molecular flexibility index (Phi) is 2.40. The minimum absolute atomic E-state index is 0.0591. The molecule has 0 bridgehead atoms. The lowest BCUT2D eigenvalue weighted by atomic mass is 10.0. The number of ether oxygens (including phenoxy) is 1. The van der Waals surface area contributed by atoms with Crippen molar-refractivity contribution in [1.82, 2.24) is 9.78 Å². The van der Waals surface area contributed by atoms with Gasteiger partial charge in [0.05, 0.1) is 25.2 Å². The van der Waals surface area contributed by atoms with Gasteiger partial charge in [0.2, 0.25) is 0 Å². The van der Waals surface area contributed by atoms with E-state index in [0.29, 0.717) is 13.2 Å². The van der Waals surface area contributed by atoms with Gasteiger partial charge in [-0.25, -0.2) is 0 Å². The second kappa shape index (κ2) is 3.40. The summed E-state index contributed by atoms with van der Waals surface area (Å²) in [6.45, 7) is 1.00. The first-order valence-corrected chi connectivity index (χ1v) is 4.93. The van der Waals surface area contributed by atoms with E-state index in [1.165, 1.54) is 0 Å². The van der Waals surface area contributed by atoms with Crippen LogP contribution in [0, 0.1) is 0 Å². The maximum absolute atomic E-state index is 9.59. The van der Waals surface area contributed by atoms with Crippen LogP contribution in [0.5, 0.6) is 0 Å². The zero-order valence-corrected chi connectivity index (χ0v) is 8.86. The summed E-state index contributed by atoms with van der Waals surface area (Å²) in [6.07, 6.45) is -0.401. The van der Waals surface area contributed by atoms with Gasteiger partial charge in [0.15, 0.2) is 0 Å². The van der Waals surface area contributed by atoms with E-state index in [0.717, 1.165) is 10.3 Å². The molecule has 13 heavy (non-hydrogen) atoms. The zero-order chi connectivity index (χ0) is 9.42. The van der Waals surface area contributed by atoms with Crippen molar-refractivity contribution in [1.29, 1.82) is 0 Å². The summed E-state index contributed by atoms with van der Waals surface area (Å²) in [5, 5.41) is 13.8. The lowest BCUT2D eigenvalue weighted by Gasteiger charge is -2.11. The first kappa shape index (κ1) is 9.18. The number of halogens is 1. The highest BCUT2D eigenvalue weighted by Gasteiger charge is 2.30. The molecule has 1 aromatic rings. The molecule has 1 fully saturated rings. The van der Waals surface area contributed by atoms with Crippen molar-refractivity contribution in [2.45, 2.75) is 12.0 Å². The van der Waals surface area contributed by atoms with E-state index in [1.807, 2.05) is 13.1 Å². The first-order chi connectivity index (χ1) is 6.18. The van der Waals surface area contributed by atoms with Gasteiger partial charge < -0.3 is 9.84 Å². The molecule has 0 amide bonds. The molecule has 0 saturated carbocycles. The molecule has 1 aliphatic heterocycles. The molecule has 0 spiro atoms. The summed E-state index contributed by atoms with van der Waals surface area (Å²) in [6, 6.07) is 1.92. The summed E-state index contributed by atoms with van der Waals surface area (Å²) in [5.74, 6) is 0.0591. The van der Waals surface area contributed by atoms with Crippen LogP contribution in [0.15, 0.2) is 10.7 Å². The molecule has 5 heteroatoms. The third-order valence-electron chi connectivity index (χ3n) is 2.32. The predicted molar refractivity (Wildman–Crippen MR) is 50.5 cm³/mol. The molecule has 1 N–H and O–H groups in total. The van der Waals surface area contributed by atoms with Crippen molar-refractivity contribution < 1.29 is 9.84 Å². The largest absolute Gasteiger partial charge is 0.390 e. The Balaban J connectivity index is 2.28. The Morgan fingerprint density at radius 3 is 2.92 bits per heavy atom. The molecular weight excluding hydrogens is 236 g/mol. The molecule has 2 atom stereocenters. The summed E-state index contributed by atoms with van der Waals surface area (Å²) in [5.41, 5.74) is 1.01. The Bertz CT molecular complexity index is 313. The van der Waals surface area contributed by atoms with Crippen molar-refractivity contribution in [3.05, 3.63) is 16.4 Å². The fraction of sp³-hybridized carbons (Fsp3) is 0.625. The van der Waals surface area contributed by atoms with Crippen LogP contribution in [0.4, 0.5) is 0 Å². The molecule has 1 aliphatic rings. The molecule has 4 nitrogen and oxygen atoms in total. The van der Waals surface area contributed by atoms with Crippen LogP contribution in [0.25, 0.3) is 0 Å². The quantitative estimate of drug-likeness (QED) is 0.792. The Hall–Kier alpha value is -0.390. The van der Waals surface area contributed by atoms with Gasteiger partial charge in [0.1, 0.15) is 4.60 Å². The topological polar surface area (TPSA) is 47.3 Å². The fourth-order valence-corrected chi connectivity index (χ4v) is 2.09. The van der Waals surface area contributed by atoms with Gasteiger partial charge in [0, 0.05) is 12.7 Å². The first-order valence-electron chi connectivity index (χ1n) is 4.13. The van der Waals surface area contributed by atoms with Crippen LogP contribution in [-0.2, 0) is 11.8 Å². The van der Waals surface area contributed by atoms with Gasteiger partial charge in [0.25, 0.3) is 0 Å². The summed E-state index contributed by atoms with van der Waals surface area (Å²) in [4.78, 5) is 0. The highest BCUT2D eigenvalue weighted by Crippen LogP contribution is 2.26. The molecule has 0 unspecified atom stereocenters. The van der Waals surface area contributed by atoms with Gasteiger partial charge in [-0.3, -0.25) is 4.68 Å². The number of nitrogens with zero attached hydrogens (tertiary/aromatic N) is 2. The van der Waals surface area contributed by atoms with Gasteiger partial charge in [-0.15, -0.1) is 0 Å². The predicted octanol–water partition coefficient (Wildman–Crippen LogP) is 0.657. The molecule has 2 rings (SSSR count). The minimum atomic E-state index is -0.401. The van der Waals surface area contributed by atoms with E-state index in [4.69, 9.17) is 4.74 Å². The van der Waals surface area contributed by atoms with Gasteiger partial charge >= 0.3 is 0 Å². The van der Waals surface area contributed by atoms with Gasteiger partial charge in [-0.2, -0.15) is 5.10 Å². The summed E-state index contributed by atoms with van der Waals surface area (Å²) >= 11 is 3.30. The SMILES string of the molecule is Cn1nc(Br)cc1[C@@H]1COC[C@H]1O. The Labute approximate surface area is 84.6 Å². The van der Waals surface area contributed by atoms with Crippen molar-refractivity contribution in [3.63, 3.8) is 0 Å². The zero-order valence-electron chi connectivity index (χ0n) is 7.27. The average molecular weight is 247 g/mol. The minimum Gasteiger partial charge on any atom is -0.390 e. The van der Waals surface area contributed by atoms with Crippen LogP contribution in [0.1, 0.15) is 11.6 Å². The van der Waals surface area contributed by atoms with Gasteiger partial charge in [-0.05, 0) is 22.0 Å². The fourth-order valence-electron chi connectivity index (χ4n) is 1.62. The monoisotopic (exact) mass is 246 g/mol. The lowest BCUT2D eigenvalue weighted by Crippen LogP contribution is -2.18. The van der Waals surface area contributed by atoms with Crippen molar-refractivity contribution in [2.24, 2.45) is 7.05 Å². The van der Waals surface area contributed by atoms with Crippen LogP contribution in [-0.4, -0.2) is 34.2 Å². The number of aromatic nitrogens is 2. The molecule has 72 valence electrons. The van der Waals surface area contributed by atoms with E-state index in [2.05, 4.69) is 21.0 Å². The third kappa shape index (κ3) is 1.63. The lowest BCUT2D eigenvalue weighted by molar-refractivity contribution is 0.124. The van der Waals surface area contributed by atoms with Crippen LogP contribution in [0.3, 0.4) is 0 Å². The maximum atomic E-state index is 9.59. The number of rotatable bonds is 1. The standard InChI is InChI=1S/C8H11BrN2O2/c1-11-6(2-8(9)10-11)5-3-13-4-7(5)12/h2,5,7,12H,3-4H2,1H3/t5-,7+/m0/s1. The average Bonchev–Trinajstić information content (AvgIpc) is 2.58.